The molecule has 2 rings (SSSR count). The SMILES string of the molecule is COc1ccc(OC)c([C@@H](C)NC(=O)Cn2ccc(C(F)(F)F)n2)c1. The molecule has 0 bridgehead atoms. The van der Waals surface area contributed by atoms with Crippen LogP contribution in [0.2, 0.25) is 0 Å². The summed E-state index contributed by atoms with van der Waals surface area (Å²) < 4.78 is 48.9. The minimum absolute atomic E-state index is 0.327. The molecule has 0 saturated carbocycles. The highest BCUT2D eigenvalue weighted by atomic mass is 19.4. The summed E-state index contributed by atoms with van der Waals surface area (Å²) in [6, 6.07) is 5.54. The van der Waals surface area contributed by atoms with Gasteiger partial charge in [0.15, 0.2) is 5.69 Å². The third kappa shape index (κ3) is 4.65. The summed E-state index contributed by atoms with van der Waals surface area (Å²) in [6.45, 7) is 1.41. The monoisotopic (exact) mass is 357 g/mol. The van der Waals surface area contributed by atoms with Gasteiger partial charge in [0.05, 0.1) is 20.3 Å². The summed E-state index contributed by atoms with van der Waals surface area (Å²) in [5, 5.41) is 6.05. The number of rotatable bonds is 6. The van der Waals surface area contributed by atoms with Crippen molar-refractivity contribution in [3.8, 4) is 11.5 Å². The summed E-state index contributed by atoms with van der Waals surface area (Å²) in [4.78, 5) is 12.1. The Bertz CT molecular complexity index is 744. The molecule has 2 aromatic rings. The molecule has 25 heavy (non-hydrogen) atoms. The van der Waals surface area contributed by atoms with Crippen molar-refractivity contribution in [2.24, 2.45) is 0 Å². The second-order valence-electron chi connectivity index (χ2n) is 5.29. The molecule has 6 nitrogen and oxygen atoms in total. The van der Waals surface area contributed by atoms with Crippen molar-refractivity contribution in [2.45, 2.75) is 25.7 Å². The van der Waals surface area contributed by atoms with Crippen LogP contribution >= 0.6 is 0 Å². The maximum absolute atomic E-state index is 12.5. The lowest BCUT2D eigenvalue weighted by molar-refractivity contribution is -0.141. The van der Waals surface area contributed by atoms with E-state index in [2.05, 4.69) is 10.4 Å². The highest BCUT2D eigenvalue weighted by Gasteiger charge is 2.33. The van der Waals surface area contributed by atoms with Crippen molar-refractivity contribution in [3.05, 3.63) is 41.7 Å². The first-order valence-corrected chi connectivity index (χ1v) is 7.36. The predicted molar refractivity (Wildman–Crippen MR) is 83.3 cm³/mol. The van der Waals surface area contributed by atoms with Crippen molar-refractivity contribution >= 4 is 5.91 Å². The van der Waals surface area contributed by atoms with Gasteiger partial charge in [0.1, 0.15) is 18.0 Å². The zero-order valence-electron chi connectivity index (χ0n) is 13.9. The molecule has 1 heterocycles. The summed E-state index contributed by atoms with van der Waals surface area (Å²) >= 11 is 0. The van der Waals surface area contributed by atoms with Gasteiger partial charge in [-0.25, -0.2) is 0 Å². The number of ether oxygens (including phenoxy) is 2. The van der Waals surface area contributed by atoms with E-state index in [-0.39, 0.29) is 6.54 Å². The number of aromatic nitrogens is 2. The molecule has 0 aliphatic heterocycles. The molecule has 9 heteroatoms. The third-order valence-electron chi connectivity index (χ3n) is 3.52. The van der Waals surface area contributed by atoms with Crippen LogP contribution in [0.15, 0.2) is 30.5 Å². The smallest absolute Gasteiger partial charge is 0.435 e. The number of amides is 1. The minimum atomic E-state index is -4.54. The Balaban J connectivity index is 2.06. The number of nitrogens with zero attached hydrogens (tertiary/aromatic N) is 2. The highest BCUT2D eigenvalue weighted by molar-refractivity contribution is 5.76. The van der Waals surface area contributed by atoms with Crippen LogP contribution in [0.3, 0.4) is 0 Å². The standard InChI is InChI=1S/C16H18F3N3O3/c1-10(12-8-11(24-2)4-5-13(12)25-3)20-15(23)9-22-7-6-14(21-22)16(17,18)19/h4-8,10H,9H2,1-3H3,(H,20,23)/t10-/m1/s1. The zero-order valence-corrected chi connectivity index (χ0v) is 13.9. The van der Waals surface area contributed by atoms with E-state index in [1.165, 1.54) is 14.2 Å². The quantitative estimate of drug-likeness (QED) is 0.863. The zero-order chi connectivity index (χ0) is 18.6. The van der Waals surface area contributed by atoms with Gasteiger partial charge < -0.3 is 14.8 Å². The van der Waals surface area contributed by atoms with E-state index < -0.39 is 23.8 Å². The number of halogens is 3. The van der Waals surface area contributed by atoms with Crippen molar-refractivity contribution in [1.82, 2.24) is 15.1 Å². The normalized spacial score (nSPS) is 12.6. The molecule has 0 radical (unpaired) electrons. The van der Waals surface area contributed by atoms with E-state index in [0.29, 0.717) is 17.1 Å². The molecular formula is C16H18F3N3O3. The van der Waals surface area contributed by atoms with Crippen LogP contribution in [0.5, 0.6) is 11.5 Å². The predicted octanol–water partition coefficient (Wildman–Crippen LogP) is 2.80. The van der Waals surface area contributed by atoms with E-state index in [1.807, 2.05) is 0 Å². The molecule has 1 N–H and O–H groups in total. The van der Waals surface area contributed by atoms with Crippen molar-refractivity contribution in [2.75, 3.05) is 14.2 Å². The maximum atomic E-state index is 12.5. The first kappa shape index (κ1) is 18.6. The molecule has 1 atom stereocenters. The van der Waals surface area contributed by atoms with Crippen molar-refractivity contribution in [1.29, 1.82) is 0 Å². The number of carbonyl (C=O) groups is 1. The summed E-state index contributed by atoms with van der Waals surface area (Å²) in [5.74, 6) is 0.681. The van der Waals surface area contributed by atoms with Gasteiger partial charge in [-0.15, -0.1) is 0 Å². The summed E-state index contributed by atoms with van der Waals surface area (Å²) in [7, 11) is 3.02. The number of carbonyl (C=O) groups excluding carboxylic acids is 1. The molecule has 0 aliphatic rings. The Morgan fingerprint density at radius 1 is 1.28 bits per heavy atom. The second-order valence-corrected chi connectivity index (χ2v) is 5.29. The fourth-order valence-electron chi connectivity index (χ4n) is 2.29. The lowest BCUT2D eigenvalue weighted by atomic mass is 10.1. The largest absolute Gasteiger partial charge is 0.497 e. The van der Waals surface area contributed by atoms with E-state index >= 15 is 0 Å². The van der Waals surface area contributed by atoms with Crippen LogP contribution in [-0.4, -0.2) is 29.9 Å². The number of methoxy groups -OCH3 is 2. The maximum Gasteiger partial charge on any atom is 0.435 e. The van der Waals surface area contributed by atoms with Crippen LogP contribution in [-0.2, 0) is 17.5 Å². The number of nitrogens with one attached hydrogen (secondary N) is 1. The Morgan fingerprint density at radius 2 is 2.00 bits per heavy atom. The van der Waals surface area contributed by atoms with Crippen LogP contribution in [0.1, 0.15) is 24.2 Å². The van der Waals surface area contributed by atoms with Crippen molar-refractivity contribution < 1.29 is 27.4 Å². The Labute approximate surface area is 142 Å². The van der Waals surface area contributed by atoms with Gasteiger partial charge >= 0.3 is 6.18 Å². The number of alkyl halides is 3. The lowest BCUT2D eigenvalue weighted by Crippen LogP contribution is -2.30. The molecule has 1 aromatic heterocycles. The third-order valence-corrected chi connectivity index (χ3v) is 3.52. The van der Waals surface area contributed by atoms with E-state index in [0.717, 1.165) is 16.9 Å². The topological polar surface area (TPSA) is 65.4 Å². The summed E-state index contributed by atoms with van der Waals surface area (Å²) in [6.07, 6.45) is -3.43. The Morgan fingerprint density at radius 3 is 2.56 bits per heavy atom. The number of benzene rings is 1. The van der Waals surface area contributed by atoms with Crippen LogP contribution < -0.4 is 14.8 Å². The average molecular weight is 357 g/mol. The molecule has 136 valence electrons. The highest BCUT2D eigenvalue weighted by Crippen LogP contribution is 2.29. The first-order valence-electron chi connectivity index (χ1n) is 7.36. The van der Waals surface area contributed by atoms with Gasteiger partial charge in [0, 0.05) is 11.8 Å². The van der Waals surface area contributed by atoms with Gasteiger partial charge in [-0.2, -0.15) is 18.3 Å². The fraction of sp³-hybridized carbons (Fsp3) is 0.375. The van der Waals surface area contributed by atoms with Gasteiger partial charge in [-0.05, 0) is 31.2 Å². The molecule has 0 aliphatic carbocycles. The van der Waals surface area contributed by atoms with E-state index in [4.69, 9.17) is 9.47 Å². The molecular weight excluding hydrogens is 339 g/mol. The van der Waals surface area contributed by atoms with E-state index in [9.17, 15) is 18.0 Å². The minimum Gasteiger partial charge on any atom is -0.497 e. The number of hydrogen-bond donors (Lipinski definition) is 1. The molecule has 1 aromatic carbocycles. The molecule has 0 spiro atoms. The van der Waals surface area contributed by atoms with Crippen LogP contribution in [0.25, 0.3) is 0 Å². The summed E-state index contributed by atoms with van der Waals surface area (Å²) in [5.41, 5.74) is -0.352. The molecule has 0 fully saturated rings. The van der Waals surface area contributed by atoms with E-state index in [1.54, 1.807) is 25.1 Å². The van der Waals surface area contributed by atoms with Gasteiger partial charge in [-0.3, -0.25) is 9.48 Å². The van der Waals surface area contributed by atoms with Gasteiger partial charge in [0.2, 0.25) is 5.91 Å². The first-order chi connectivity index (χ1) is 11.7. The molecule has 1 amide bonds. The van der Waals surface area contributed by atoms with Crippen LogP contribution in [0.4, 0.5) is 13.2 Å². The van der Waals surface area contributed by atoms with Crippen LogP contribution in [0, 0.1) is 0 Å². The van der Waals surface area contributed by atoms with Crippen molar-refractivity contribution in [3.63, 3.8) is 0 Å². The van der Waals surface area contributed by atoms with Gasteiger partial charge in [0.25, 0.3) is 0 Å². The Hall–Kier alpha value is -2.71. The number of hydrogen-bond acceptors (Lipinski definition) is 4. The molecule has 0 unspecified atom stereocenters. The lowest BCUT2D eigenvalue weighted by Gasteiger charge is -2.18. The van der Waals surface area contributed by atoms with Gasteiger partial charge in [-0.1, -0.05) is 0 Å². The second kappa shape index (κ2) is 7.45. The Kier molecular flexibility index (Phi) is 5.55. The average Bonchev–Trinajstić information content (AvgIpc) is 3.02. The fourth-order valence-corrected chi connectivity index (χ4v) is 2.29. The molecule has 0 saturated heterocycles.